The van der Waals surface area contributed by atoms with Crippen LogP contribution in [0.4, 0.5) is 0 Å². The minimum atomic E-state index is -0.599. The molecule has 1 heterocycles. The van der Waals surface area contributed by atoms with E-state index < -0.39 is 6.04 Å². The number of rotatable bonds is 6. The highest BCUT2D eigenvalue weighted by molar-refractivity contribution is 9.10. The van der Waals surface area contributed by atoms with E-state index in [0.717, 1.165) is 21.2 Å². The molecule has 2 atom stereocenters. The van der Waals surface area contributed by atoms with Gasteiger partial charge >= 0.3 is 5.69 Å². The molecule has 0 aliphatic heterocycles. The standard InChI is InChI=1S/C21H20BrN3O2/c1-14-5-3-4-6-18(14)19(15-7-9-17(22)10-8-15)11-20(24-27)16-12-23-21(26)25(2)13-16/h3-10,12-13,19-20H,11H2,1-2H3/t19-,20?/m0/s1. The zero-order chi connectivity index (χ0) is 19.4. The zero-order valence-electron chi connectivity index (χ0n) is 15.2. The van der Waals surface area contributed by atoms with Gasteiger partial charge in [0.15, 0.2) is 0 Å². The fraction of sp³-hybridized carbons (Fsp3) is 0.238. The number of hydrogen-bond donors (Lipinski definition) is 0. The van der Waals surface area contributed by atoms with Crippen molar-refractivity contribution in [2.45, 2.75) is 25.3 Å². The molecule has 2 aromatic carbocycles. The molecular weight excluding hydrogens is 406 g/mol. The van der Waals surface area contributed by atoms with Gasteiger partial charge in [0.2, 0.25) is 0 Å². The number of aromatic nitrogens is 2. The van der Waals surface area contributed by atoms with Gasteiger partial charge in [0.05, 0.1) is 0 Å². The third-order valence-corrected chi connectivity index (χ3v) is 5.30. The maximum atomic E-state index is 11.7. The molecule has 0 aliphatic carbocycles. The van der Waals surface area contributed by atoms with Crippen LogP contribution in [0.1, 0.15) is 40.6 Å². The van der Waals surface area contributed by atoms with E-state index in [4.69, 9.17) is 0 Å². The maximum absolute atomic E-state index is 11.7. The molecule has 0 saturated carbocycles. The lowest BCUT2D eigenvalue weighted by Gasteiger charge is -2.23. The van der Waals surface area contributed by atoms with Gasteiger partial charge in [0.1, 0.15) is 6.04 Å². The highest BCUT2D eigenvalue weighted by atomic mass is 79.9. The van der Waals surface area contributed by atoms with Gasteiger partial charge in [-0.15, -0.1) is 0 Å². The fourth-order valence-electron chi connectivity index (χ4n) is 3.28. The van der Waals surface area contributed by atoms with E-state index >= 15 is 0 Å². The van der Waals surface area contributed by atoms with Gasteiger partial charge in [-0.3, -0.25) is 0 Å². The van der Waals surface area contributed by atoms with Crippen molar-refractivity contribution in [3.63, 3.8) is 0 Å². The van der Waals surface area contributed by atoms with Crippen LogP contribution in [0.25, 0.3) is 0 Å². The molecular formula is C21H20BrN3O2. The van der Waals surface area contributed by atoms with Gasteiger partial charge in [-0.05, 0) is 42.2 Å². The average Bonchev–Trinajstić information content (AvgIpc) is 2.67. The smallest absolute Gasteiger partial charge is 0.302 e. The van der Waals surface area contributed by atoms with E-state index in [1.165, 1.54) is 10.8 Å². The van der Waals surface area contributed by atoms with Crippen molar-refractivity contribution in [1.29, 1.82) is 0 Å². The van der Waals surface area contributed by atoms with Crippen LogP contribution in [-0.4, -0.2) is 9.55 Å². The highest BCUT2D eigenvalue weighted by Crippen LogP contribution is 2.37. The molecule has 138 valence electrons. The van der Waals surface area contributed by atoms with Crippen LogP contribution >= 0.6 is 15.9 Å². The van der Waals surface area contributed by atoms with Crippen LogP contribution < -0.4 is 5.69 Å². The number of nitrogens with zero attached hydrogens (tertiary/aromatic N) is 3. The molecule has 0 saturated heterocycles. The lowest BCUT2D eigenvalue weighted by atomic mass is 9.83. The fourth-order valence-corrected chi connectivity index (χ4v) is 3.55. The van der Waals surface area contributed by atoms with Gasteiger partial charge < -0.3 is 4.57 Å². The van der Waals surface area contributed by atoms with Crippen LogP contribution in [0.5, 0.6) is 0 Å². The van der Waals surface area contributed by atoms with Crippen molar-refractivity contribution >= 4 is 15.9 Å². The lowest BCUT2D eigenvalue weighted by Crippen LogP contribution is -2.20. The Morgan fingerprint density at radius 2 is 1.81 bits per heavy atom. The van der Waals surface area contributed by atoms with Crippen molar-refractivity contribution in [2.75, 3.05) is 0 Å². The van der Waals surface area contributed by atoms with E-state index in [-0.39, 0.29) is 11.6 Å². The number of benzene rings is 2. The van der Waals surface area contributed by atoms with Gasteiger partial charge in [-0.1, -0.05) is 57.5 Å². The summed E-state index contributed by atoms with van der Waals surface area (Å²) in [5.74, 6) is -0.000709. The van der Waals surface area contributed by atoms with Crippen LogP contribution in [0.3, 0.4) is 0 Å². The van der Waals surface area contributed by atoms with E-state index in [9.17, 15) is 9.70 Å². The zero-order valence-corrected chi connectivity index (χ0v) is 16.8. The minimum Gasteiger partial charge on any atom is -0.302 e. The maximum Gasteiger partial charge on any atom is 0.347 e. The monoisotopic (exact) mass is 425 g/mol. The second-order valence-electron chi connectivity index (χ2n) is 6.60. The molecule has 0 radical (unpaired) electrons. The molecule has 27 heavy (non-hydrogen) atoms. The summed E-state index contributed by atoms with van der Waals surface area (Å²) < 4.78 is 2.37. The third-order valence-electron chi connectivity index (χ3n) is 4.78. The molecule has 1 aromatic heterocycles. The Morgan fingerprint density at radius 1 is 1.11 bits per heavy atom. The molecule has 6 heteroatoms. The Hall–Kier alpha value is -2.60. The summed E-state index contributed by atoms with van der Waals surface area (Å²) in [6.45, 7) is 2.07. The van der Waals surface area contributed by atoms with Crippen molar-refractivity contribution in [3.8, 4) is 0 Å². The Bertz CT molecular complexity index is 999. The van der Waals surface area contributed by atoms with Gasteiger partial charge in [0.25, 0.3) is 0 Å². The van der Waals surface area contributed by atoms with Gasteiger partial charge in [-0.2, -0.15) is 4.91 Å². The molecule has 5 nitrogen and oxygen atoms in total. The molecule has 0 spiro atoms. The molecule has 0 amide bonds. The Balaban J connectivity index is 2.03. The highest BCUT2D eigenvalue weighted by Gasteiger charge is 2.24. The summed E-state index contributed by atoms with van der Waals surface area (Å²) >= 11 is 3.47. The van der Waals surface area contributed by atoms with Crippen LogP contribution in [0, 0.1) is 11.8 Å². The first kappa shape index (κ1) is 19.2. The summed E-state index contributed by atoms with van der Waals surface area (Å²) in [6, 6.07) is 15.7. The molecule has 0 bridgehead atoms. The predicted octanol–water partition coefficient (Wildman–Crippen LogP) is 4.88. The van der Waals surface area contributed by atoms with Crippen molar-refractivity contribution in [1.82, 2.24) is 9.55 Å². The SMILES string of the molecule is Cc1ccccc1[C@@H](CC(N=O)c1cnc(=O)n(C)c1)c1ccc(Br)cc1. The van der Waals surface area contributed by atoms with Gasteiger partial charge in [-0.25, -0.2) is 9.78 Å². The summed E-state index contributed by atoms with van der Waals surface area (Å²) in [4.78, 5) is 27.1. The normalized spacial score (nSPS) is 13.1. The minimum absolute atomic E-state index is 0.000709. The summed E-state index contributed by atoms with van der Waals surface area (Å²) in [7, 11) is 1.62. The van der Waals surface area contributed by atoms with Crippen LogP contribution in [-0.2, 0) is 7.05 Å². The van der Waals surface area contributed by atoms with Crippen LogP contribution in [0.15, 0.2) is 75.4 Å². The van der Waals surface area contributed by atoms with E-state index in [0.29, 0.717) is 12.0 Å². The summed E-state index contributed by atoms with van der Waals surface area (Å²) in [5, 5.41) is 3.35. The first-order valence-corrected chi connectivity index (χ1v) is 9.45. The molecule has 0 N–H and O–H groups in total. The Labute approximate surface area is 166 Å². The predicted molar refractivity (Wildman–Crippen MR) is 110 cm³/mol. The first-order valence-electron chi connectivity index (χ1n) is 8.65. The number of nitroso groups, excluding NO2 is 1. The third kappa shape index (κ3) is 4.39. The topological polar surface area (TPSA) is 64.3 Å². The lowest BCUT2D eigenvalue weighted by molar-refractivity contribution is 0.582. The van der Waals surface area contributed by atoms with Crippen LogP contribution in [0.2, 0.25) is 0 Å². The second kappa shape index (κ2) is 8.39. The molecule has 1 unspecified atom stereocenters. The largest absolute Gasteiger partial charge is 0.347 e. The molecule has 0 aliphatic rings. The first-order chi connectivity index (χ1) is 13.0. The summed E-state index contributed by atoms with van der Waals surface area (Å²) in [6.07, 6.45) is 3.58. The quantitative estimate of drug-likeness (QED) is 0.528. The Morgan fingerprint density at radius 3 is 2.44 bits per heavy atom. The molecule has 3 rings (SSSR count). The summed E-state index contributed by atoms with van der Waals surface area (Å²) in [5.41, 5.74) is 3.72. The molecule has 3 aromatic rings. The Kier molecular flexibility index (Phi) is 5.96. The number of halogens is 1. The van der Waals surface area contributed by atoms with E-state index in [2.05, 4.69) is 57.3 Å². The van der Waals surface area contributed by atoms with Crippen molar-refractivity contribution < 1.29 is 0 Å². The second-order valence-corrected chi connectivity index (χ2v) is 7.51. The van der Waals surface area contributed by atoms with E-state index in [1.807, 2.05) is 24.3 Å². The van der Waals surface area contributed by atoms with Crippen molar-refractivity contribution in [2.24, 2.45) is 12.2 Å². The van der Waals surface area contributed by atoms with Gasteiger partial charge in [0, 0.05) is 35.4 Å². The number of aryl methyl sites for hydroxylation is 2. The average molecular weight is 426 g/mol. The number of hydrogen-bond acceptors (Lipinski definition) is 4. The van der Waals surface area contributed by atoms with Crippen molar-refractivity contribution in [3.05, 3.63) is 103 Å². The molecule has 0 fully saturated rings. The van der Waals surface area contributed by atoms with E-state index in [1.54, 1.807) is 13.2 Å².